The average molecular weight is 371 g/mol. The minimum Gasteiger partial charge on any atom is -0.490 e. The molecule has 28 heavy (non-hydrogen) atoms. The molecule has 0 radical (unpaired) electrons. The van der Waals surface area contributed by atoms with Crippen molar-refractivity contribution >= 4 is 10.9 Å². The quantitative estimate of drug-likeness (QED) is 0.460. The van der Waals surface area contributed by atoms with Crippen LogP contribution in [-0.2, 0) is 4.74 Å². The van der Waals surface area contributed by atoms with Crippen molar-refractivity contribution < 1.29 is 9.47 Å². The van der Waals surface area contributed by atoms with Crippen LogP contribution >= 0.6 is 0 Å². The lowest BCUT2D eigenvalue weighted by atomic mass is 10.0. The van der Waals surface area contributed by atoms with Crippen LogP contribution in [0.2, 0.25) is 0 Å². The molecule has 0 aliphatic carbocycles. The van der Waals surface area contributed by atoms with E-state index >= 15 is 0 Å². The number of ether oxygens (including phenoxy) is 2. The van der Waals surface area contributed by atoms with E-state index in [9.17, 15) is 0 Å². The van der Waals surface area contributed by atoms with E-state index in [0.29, 0.717) is 19.0 Å². The predicted octanol–water partition coefficient (Wildman–Crippen LogP) is 4.69. The summed E-state index contributed by atoms with van der Waals surface area (Å²) in [5.41, 5.74) is 4.31. The Kier molecular flexibility index (Phi) is 5.26. The molecule has 5 heteroatoms. The van der Waals surface area contributed by atoms with Crippen LogP contribution in [0.15, 0.2) is 66.7 Å². The molecule has 4 rings (SSSR count). The van der Waals surface area contributed by atoms with Crippen LogP contribution < -0.4 is 4.74 Å². The molecule has 0 atom stereocenters. The zero-order valence-electron chi connectivity index (χ0n) is 15.9. The predicted molar refractivity (Wildman–Crippen MR) is 110 cm³/mol. The van der Waals surface area contributed by atoms with Gasteiger partial charge in [-0.25, -0.2) is 15.0 Å². The fourth-order valence-electron chi connectivity index (χ4n) is 3.09. The monoisotopic (exact) mass is 371 g/mol. The summed E-state index contributed by atoms with van der Waals surface area (Å²) in [6, 6.07) is 21.8. The molecule has 0 aliphatic heterocycles. The summed E-state index contributed by atoms with van der Waals surface area (Å²) in [4.78, 5) is 14.2. The van der Waals surface area contributed by atoms with Crippen LogP contribution in [-0.4, -0.2) is 35.3 Å². The number of benzene rings is 2. The van der Waals surface area contributed by atoms with E-state index in [1.807, 2.05) is 73.7 Å². The Morgan fingerprint density at radius 3 is 2.46 bits per heavy atom. The Morgan fingerprint density at radius 2 is 1.61 bits per heavy atom. The summed E-state index contributed by atoms with van der Waals surface area (Å²) in [5, 5.41) is 0.974. The van der Waals surface area contributed by atoms with E-state index < -0.39 is 0 Å². The van der Waals surface area contributed by atoms with Gasteiger partial charge in [0.15, 0.2) is 5.82 Å². The minimum atomic E-state index is 0.475. The van der Waals surface area contributed by atoms with E-state index in [1.165, 1.54) is 0 Å². The summed E-state index contributed by atoms with van der Waals surface area (Å²) >= 11 is 0. The van der Waals surface area contributed by atoms with Gasteiger partial charge in [0.2, 0.25) is 0 Å². The van der Waals surface area contributed by atoms with Gasteiger partial charge in [0, 0.05) is 23.8 Å². The zero-order valence-corrected chi connectivity index (χ0v) is 15.9. The van der Waals surface area contributed by atoms with Gasteiger partial charge in [-0.1, -0.05) is 36.4 Å². The van der Waals surface area contributed by atoms with Crippen LogP contribution in [0, 0.1) is 6.92 Å². The first kappa shape index (κ1) is 18.1. The number of methoxy groups -OCH3 is 1. The molecular formula is C23H21N3O2. The largest absolute Gasteiger partial charge is 0.490 e. The molecule has 0 N–H and O–H groups in total. The van der Waals surface area contributed by atoms with Crippen LogP contribution in [0.4, 0.5) is 0 Å². The molecule has 140 valence electrons. The second kappa shape index (κ2) is 8.15. The molecule has 0 saturated carbocycles. The molecule has 5 nitrogen and oxygen atoms in total. The van der Waals surface area contributed by atoms with Gasteiger partial charge in [-0.3, -0.25) is 0 Å². The van der Waals surface area contributed by atoms with Gasteiger partial charge in [0.1, 0.15) is 18.1 Å². The normalized spacial score (nSPS) is 10.9. The van der Waals surface area contributed by atoms with Gasteiger partial charge in [-0.15, -0.1) is 0 Å². The average Bonchev–Trinajstić information content (AvgIpc) is 2.73. The molecule has 0 unspecified atom stereocenters. The third-order valence-corrected chi connectivity index (χ3v) is 4.41. The van der Waals surface area contributed by atoms with Crippen molar-refractivity contribution in [3.8, 4) is 28.5 Å². The summed E-state index contributed by atoms with van der Waals surface area (Å²) in [6.07, 6.45) is 0. The molecule has 0 aliphatic rings. The Bertz CT molecular complexity index is 1110. The SMILES string of the molecule is COCCOc1ccccc1-c1nc(-c2cccc(C)n2)nc2ccccc12. The first-order valence-corrected chi connectivity index (χ1v) is 9.18. The Labute approximate surface area is 164 Å². The fraction of sp³-hybridized carbons (Fsp3) is 0.174. The van der Waals surface area contributed by atoms with Crippen molar-refractivity contribution in [2.45, 2.75) is 6.92 Å². The second-order valence-corrected chi connectivity index (χ2v) is 6.41. The lowest BCUT2D eigenvalue weighted by Gasteiger charge is -2.13. The second-order valence-electron chi connectivity index (χ2n) is 6.41. The lowest BCUT2D eigenvalue weighted by molar-refractivity contribution is 0.146. The smallest absolute Gasteiger partial charge is 0.179 e. The van der Waals surface area contributed by atoms with Crippen molar-refractivity contribution in [3.05, 3.63) is 72.4 Å². The third-order valence-electron chi connectivity index (χ3n) is 4.41. The van der Waals surface area contributed by atoms with Crippen LogP contribution in [0.5, 0.6) is 5.75 Å². The van der Waals surface area contributed by atoms with Crippen molar-refractivity contribution in [1.29, 1.82) is 0 Å². The number of hydrogen-bond acceptors (Lipinski definition) is 5. The van der Waals surface area contributed by atoms with Gasteiger partial charge in [0.25, 0.3) is 0 Å². The first-order chi connectivity index (χ1) is 13.8. The number of para-hydroxylation sites is 2. The van der Waals surface area contributed by atoms with Gasteiger partial charge >= 0.3 is 0 Å². The highest BCUT2D eigenvalue weighted by Gasteiger charge is 2.15. The number of fused-ring (bicyclic) bond motifs is 1. The maximum absolute atomic E-state index is 5.94. The standard InChI is InChI=1S/C23H21N3O2/c1-16-8-7-12-20(24-16)23-25-19-11-5-3-9-17(19)22(26-23)18-10-4-6-13-21(18)28-15-14-27-2/h3-13H,14-15H2,1-2H3. The first-order valence-electron chi connectivity index (χ1n) is 9.18. The van der Waals surface area contributed by atoms with Crippen molar-refractivity contribution in [1.82, 2.24) is 15.0 Å². The summed E-state index contributed by atoms with van der Waals surface area (Å²) in [5.74, 6) is 1.37. The van der Waals surface area contributed by atoms with Crippen LogP contribution in [0.25, 0.3) is 33.7 Å². The van der Waals surface area contributed by atoms with E-state index in [0.717, 1.165) is 39.3 Å². The lowest BCUT2D eigenvalue weighted by Crippen LogP contribution is -2.05. The maximum Gasteiger partial charge on any atom is 0.179 e. The van der Waals surface area contributed by atoms with E-state index in [1.54, 1.807) is 7.11 Å². The highest BCUT2D eigenvalue weighted by Crippen LogP contribution is 2.34. The number of aryl methyl sites for hydroxylation is 1. The minimum absolute atomic E-state index is 0.475. The van der Waals surface area contributed by atoms with E-state index in [2.05, 4.69) is 4.98 Å². The number of rotatable bonds is 6. The van der Waals surface area contributed by atoms with Gasteiger partial charge in [0.05, 0.1) is 17.8 Å². The molecule has 0 bridgehead atoms. The number of pyridine rings is 1. The Hall–Kier alpha value is -3.31. The third kappa shape index (κ3) is 3.70. The van der Waals surface area contributed by atoms with Gasteiger partial charge in [-0.2, -0.15) is 0 Å². The van der Waals surface area contributed by atoms with Gasteiger partial charge in [-0.05, 0) is 37.3 Å². The highest BCUT2D eigenvalue weighted by molar-refractivity contribution is 5.94. The summed E-state index contributed by atoms with van der Waals surface area (Å²) in [6.45, 7) is 2.96. The molecule has 0 spiro atoms. The molecular weight excluding hydrogens is 350 g/mol. The van der Waals surface area contributed by atoms with Crippen molar-refractivity contribution in [2.24, 2.45) is 0 Å². The number of hydrogen-bond donors (Lipinski definition) is 0. The highest BCUT2D eigenvalue weighted by atomic mass is 16.5. The fourth-order valence-corrected chi connectivity index (χ4v) is 3.09. The molecule has 0 fully saturated rings. The maximum atomic E-state index is 5.94. The van der Waals surface area contributed by atoms with Crippen molar-refractivity contribution in [2.75, 3.05) is 20.3 Å². The number of aromatic nitrogens is 3. The zero-order chi connectivity index (χ0) is 19.3. The van der Waals surface area contributed by atoms with E-state index in [4.69, 9.17) is 19.4 Å². The molecule has 2 aromatic carbocycles. The molecule has 2 aromatic heterocycles. The molecule has 0 amide bonds. The van der Waals surface area contributed by atoms with E-state index in [-0.39, 0.29) is 0 Å². The Morgan fingerprint density at radius 1 is 0.786 bits per heavy atom. The molecule has 0 saturated heterocycles. The topological polar surface area (TPSA) is 57.1 Å². The van der Waals surface area contributed by atoms with Crippen LogP contribution in [0.3, 0.4) is 0 Å². The van der Waals surface area contributed by atoms with Crippen LogP contribution in [0.1, 0.15) is 5.69 Å². The molecule has 2 heterocycles. The molecule has 4 aromatic rings. The summed E-state index contributed by atoms with van der Waals surface area (Å²) < 4.78 is 11.1. The Balaban J connectivity index is 1.89. The summed E-state index contributed by atoms with van der Waals surface area (Å²) in [7, 11) is 1.66. The number of nitrogens with zero attached hydrogens (tertiary/aromatic N) is 3. The van der Waals surface area contributed by atoms with Gasteiger partial charge < -0.3 is 9.47 Å². The van der Waals surface area contributed by atoms with Crippen molar-refractivity contribution in [3.63, 3.8) is 0 Å².